The minimum absolute atomic E-state index is 0.123. The predicted octanol–water partition coefficient (Wildman–Crippen LogP) is 4.30. The second-order valence-electron chi connectivity index (χ2n) is 4.50. The van der Waals surface area contributed by atoms with Crippen LogP contribution in [0, 0.1) is 0 Å². The van der Waals surface area contributed by atoms with E-state index in [0.29, 0.717) is 5.75 Å². The summed E-state index contributed by atoms with van der Waals surface area (Å²) in [6.45, 7) is 2.09. The molecule has 0 saturated carbocycles. The summed E-state index contributed by atoms with van der Waals surface area (Å²) < 4.78 is 5.15. The van der Waals surface area contributed by atoms with Crippen LogP contribution in [-0.2, 0) is 0 Å². The summed E-state index contributed by atoms with van der Waals surface area (Å²) in [5.74, 6) is 0.655. The fraction of sp³-hybridized carbons (Fsp3) is 0.250. The largest absolute Gasteiger partial charge is 0.504 e. The molecule has 0 radical (unpaired) electrons. The van der Waals surface area contributed by atoms with Crippen LogP contribution in [0.15, 0.2) is 47.4 Å². The molecule has 0 aliphatic rings. The quantitative estimate of drug-likeness (QED) is 0.805. The Morgan fingerprint density at radius 2 is 1.95 bits per heavy atom. The third-order valence-corrected chi connectivity index (χ3v) is 3.98. The van der Waals surface area contributed by atoms with E-state index in [2.05, 4.69) is 30.6 Å². The summed E-state index contributed by atoms with van der Waals surface area (Å²) in [6.07, 6.45) is 2.06. The van der Waals surface area contributed by atoms with Crippen LogP contribution in [0.3, 0.4) is 0 Å². The molecular weight excluding hydrogens is 270 g/mol. The van der Waals surface area contributed by atoms with E-state index in [1.807, 2.05) is 24.3 Å². The van der Waals surface area contributed by atoms with Crippen LogP contribution in [-0.4, -0.2) is 18.5 Å². The second-order valence-corrected chi connectivity index (χ2v) is 5.35. The van der Waals surface area contributed by atoms with E-state index in [1.54, 1.807) is 24.9 Å². The summed E-state index contributed by atoms with van der Waals surface area (Å²) >= 11 is 1.72. The highest BCUT2D eigenvalue weighted by Gasteiger charge is 2.10. The number of phenolic OH excluding ortho intramolecular Hbond substituents is 1. The first-order valence-electron chi connectivity index (χ1n) is 6.42. The zero-order valence-electron chi connectivity index (χ0n) is 11.9. The topological polar surface area (TPSA) is 41.5 Å². The molecule has 0 amide bonds. The van der Waals surface area contributed by atoms with Gasteiger partial charge in [0.1, 0.15) is 0 Å². The first-order chi connectivity index (χ1) is 9.65. The lowest BCUT2D eigenvalue weighted by molar-refractivity contribution is 0.373. The molecule has 0 bridgehead atoms. The van der Waals surface area contributed by atoms with Crippen LogP contribution in [0.5, 0.6) is 11.5 Å². The first kappa shape index (κ1) is 14.6. The Balaban J connectivity index is 2.21. The summed E-state index contributed by atoms with van der Waals surface area (Å²) in [5.41, 5.74) is 2.18. The Bertz CT molecular complexity index is 586. The molecule has 0 aliphatic carbocycles. The molecule has 2 rings (SSSR count). The fourth-order valence-corrected chi connectivity index (χ4v) is 2.61. The van der Waals surface area contributed by atoms with Gasteiger partial charge >= 0.3 is 0 Å². The molecule has 1 unspecified atom stereocenters. The molecule has 2 aromatic rings. The zero-order chi connectivity index (χ0) is 14.5. The lowest BCUT2D eigenvalue weighted by Gasteiger charge is -2.18. The predicted molar refractivity (Wildman–Crippen MR) is 84.9 cm³/mol. The SMILES string of the molecule is COc1cc(C(C)Nc2ccccc2SC)ccc1O. The number of benzene rings is 2. The van der Waals surface area contributed by atoms with Gasteiger partial charge in [-0.1, -0.05) is 18.2 Å². The number of nitrogens with one attached hydrogen (secondary N) is 1. The van der Waals surface area contributed by atoms with E-state index < -0.39 is 0 Å². The Morgan fingerprint density at radius 1 is 1.20 bits per heavy atom. The van der Waals surface area contributed by atoms with Gasteiger partial charge in [-0.15, -0.1) is 11.8 Å². The van der Waals surface area contributed by atoms with Gasteiger partial charge in [0, 0.05) is 16.6 Å². The van der Waals surface area contributed by atoms with Crippen molar-refractivity contribution in [3.63, 3.8) is 0 Å². The van der Waals surface area contributed by atoms with Crippen LogP contribution < -0.4 is 10.1 Å². The van der Waals surface area contributed by atoms with Crippen molar-refractivity contribution in [3.8, 4) is 11.5 Å². The van der Waals surface area contributed by atoms with Gasteiger partial charge in [-0.3, -0.25) is 0 Å². The molecule has 0 fully saturated rings. The molecule has 0 aromatic heterocycles. The number of aromatic hydroxyl groups is 1. The third kappa shape index (κ3) is 3.20. The van der Waals surface area contributed by atoms with E-state index in [-0.39, 0.29) is 11.8 Å². The maximum Gasteiger partial charge on any atom is 0.160 e. The maximum absolute atomic E-state index is 9.64. The smallest absolute Gasteiger partial charge is 0.160 e. The third-order valence-electron chi connectivity index (χ3n) is 3.18. The molecule has 2 aromatic carbocycles. The lowest BCUT2D eigenvalue weighted by Crippen LogP contribution is -2.07. The molecule has 20 heavy (non-hydrogen) atoms. The molecule has 1 atom stereocenters. The van der Waals surface area contributed by atoms with Gasteiger partial charge < -0.3 is 15.2 Å². The fourth-order valence-electron chi connectivity index (χ4n) is 2.04. The van der Waals surface area contributed by atoms with Crippen LogP contribution in [0.25, 0.3) is 0 Å². The molecule has 106 valence electrons. The Kier molecular flexibility index (Phi) is 4.79. The highest BCUT2D eigenvalue weighted by molar-refractivity contribution is 7.98. The van der Waals surface area contributed by atoms with Gasteiger partial charge in [0.05, 0.1) is 7.11 Å². The van der Waals surface area contributed by atoms with Crippen LogP contribution in [0.1, 0.15) is 18.5 Å². The number of thioether (sulfide) groups is 1. The van der Waals surface area contributed by atoms with Gasteiger partial charge in [0.2, 0.25) is 0 Å². The van der Waals surface area contributed by atoms with Crippen molar-refractivity contribution in [2.75, 3.05) is 18.7 Å². The Labute approximate surface area is 124 Å². The molecule has 0 spiro atoms. The van der Waals surface area contributed by atoms with Crippen LogP contribution in [0.4, 0.5) is 5.69 Å². The molecule has 2 N–H and O–H groups in total. The average molecular weight is 289 g/mol. The standard InChI is InChI=1S/C16H19NO2S/c1-11(12-8-9-14(18)15(10-12)19-2)17-13-6-4-5-7-16(13)20-3/h4-11,17-18H,1-3H3. The van der Waals surface area contributed by atoms with Crippen LogP contribution >= 0.6 is 11.8 Å². The summed E-state index contributed by atoms with van der Waals surface area (Å²) in [6, 6.07) is 13.8. The highest BCUT2D eigenvalue weighted by Crippen LogP contribution is 2.32. The number of hydrogen-bond acceptors (Lipinski definition) is 4. The van der Waals surface area contributed by atoms with Crippen molar-refractivity contribution >= 4 is 17.4 Å². The molecule has 0 heterocycles. The molecular formula is C16H19NO2S. The minimum atomic E-state index is 0.123. The number of rotatable bonds is 5. The monoisotopic (exact) mass is 289 g/mol. The number of hydrogen-bond donors (Lipinski definition) is 2. The van der Waals surface area contributed by atoms with Crippen molar-refractivity contribution in [1.82, 2.24) is 0 Å². The van der Waals surface area contributed by atoms with E-state index in [1.165, 1.54) is 4.90 Å². The maximum atomic E-state index is 9.64. The van der Waals surface area contributed by atoms with Crippen molar-refractivity contribution in [3.05, 3.63) is 48.0 Å². The molecule has 0 saturated heterocycles. The van der Waals surface area contributed by atoms with Gasteiger partial charge in [-0.05, 0) is 43.0 Å². The van der Waals surface area contributed by atoms with Crippen molar-refractivity contribution < 1.29 is 9.84 Å². The number of methoxy groups -OCH3 is 1. The Hall–Kier alpha value is -1.81. The van der Waals surface area contributed by atoms with E-state index in [0.717, 1.165) is 11.3 Å². The van der Waals surface area contributed by atoms with Gasteiger partial charge in [0.25, 0.3) is 0 Å². The number of ether oxygens (including phenoxy) is 1. The van der Waals surface area contributed by atoms with Crippen molar-refractivity contribution in [1.29, 1.82) is 0 Å². The number of phenols is 1. The van der Waals surface area contributed by atoms with Gasteiger partial charge in [-0.25, -0.2) is 0 Å². The van der Waals surface area contributed by atoms with Gasteiger partial charge in [0.15, 0.2) is 11.5 Å². The lowest BCUT2D eigenvalue weighted by atomic mass is 10.1. The second kappa shape index (κ2) is 6.57. The first-order valence-corrected chi connectivity index (χ1v) is 7.64. The number of anilines is 1. The normalized spacial score (nSPS) is 11.9. The van der Waals surface area contributed by atoms with E-state index >= 15 is 0 Å². The molecule has 0 aliphatic heterocycles. The summed E-state index contributed by atoms with van der Waals surface area (Å²) in [5, 5.41) is 13.1. The summed E-state index contributed by atoms with van der Waals surface area (Å²) in [4.78, 5) is 1.21. The van der Waals surface area contributed by atoms with E-state index in [9.17, 15) is 5.11 Å². The van der Waals surface area contributed by atoms with Gasteiger partial charge in [-0.2, -0.15) is 0 Å². The van der Waals surface area contributed by atoms with Crippen LogP contribution in [0.2, 0.25) is 0 Å². The molecule has 3 nitrogen and oxygen atoms in total. The number of para-hydroxylation sites is 1. The van der Waals surface area contributed by atoms with E-state index in [4.69, 9.17) is 4.74 Å². The van der Waals surface area contributed by atoms with Crippen molar-refractivity contribution in [2.24, 2.45) is 0 Å². The minimum Gasteiger partial charge on any atom is -0.504 e. The highest BCUT2D eigenvalue weighted by atomic mass is 32.2. The molecule has 4 heteroatoms. The zero-order valence-corrected chi connectivity index (χ0v) is 12.7. The summed E-state index contributed by atoms with van der Waals surface area (Å²) in [7, 11) is 1.56. The Morgan fingerprint density at radius 3 is 2.65 bits per heavy atom. The van der Waals surface area contributed by atoms with Crippen molar-refractivity contribution in [2.45, 2.75) is 17.9 Å². The average Bonchev–Trinajstić information content (AvgIpc) is 2.48.